The van der Waals surface area contributed by atoms with E-state index in [9.17, 15) is 4.79 Å². The molecule has 0 radical (unpaired) electrons. The number of methoxy groups -OCH3 is 2. The normalized spacial score (nSPS) is 13.6. The second-order valence-electron chi connectivity index (χ2n) is 5.22. The van der Waals surface area contributed by atoms with Gasteiger partial charge in [0.15, 0.2) is 11.5 Å². The number of hydrogen-bond acceptors (Lipinski definition) is 4. The molecule has 2 aromatic rings. The van der Waals surface area contributed by atoms with Gasteiger partial charge in [0, 0.05) is 25.5 Å². The minimum absolute atomic E-state index is 0.0986. The van der Waals surface area contributed by atoms with Crippen LogP contribution in [0.15, 0.2) is 30.6 Å². The molecule has 0 aliphatic carbocycles. The van der Waals surface area contributed by atoms with Gasteiger partial charge in [-0.05, 0) is 17.7 Å². The van der Waals surface area contributed by atoms with Gasteiger partial charge >= 0.3 is 0 Å². The summed E-state index contributed by atoms with van der Waals surface area (Å²) >= 11 is 0. The maximum atomic E-state index is 12.5. The van der Waals surface area contributed by atoms with Crippen LogP contribution in [0.3, 0.4) is 0 Å². The number of nitrogens with zero attached hydrogens (tertiary/aromatic N) is 3. The van der Waals surface area contributed by atoms with Crippen LogP contribution in [0.1, 0.15) is 11.4 Å². The third kappa shape index (κ3) is 2.77. The maximum Gasteiger partial charge on any atom is 0.227 e. The molecule has 1 aromatic carbocycles. The Morgan fingerprint density at radius 3 is 2.82 bits per heavy atom. The summed E-state index contributed by atoms with van der Waals surface area (Å²) in [6.07, 6.45) is 4.07. The smallest absolute Gasteiger partial charge is 0.227 e. The summed E-state index contributed by atoms with van der Waals surface area (Å²) in [5.74, 6) is 2.34. The fraction of sp³-hybridized carbons (Fsp3) is 0.375. The summed E-state index contributed by atoms with van der Waals surface area (Å²) < 4.78 is 12.6. The Balaban J connectivity index is 1.70. The summed E-state index contributed by atoms with van der Waals surface area (Å²) in [5.41, 5.74) is 0.913. The van der Waals surface area contributed by atoms with Gasteiger partial charge in [0.2, 0.25) is 5.91 Å². The average Bonchev–Trinajstić information content (AvgIpc) is 3.02. The fourth-order valence-corrected chi connectivity index (χ4v) is 2.66. The van der Waals surface area contributed by atoms with E-state index in [4.69, 9.17) is 9.47 Å². The van der Waals surface area contributed by atoms with Gasteiger partial charge in [0.1, 0.15) is 5.82 Å². The largest absolute Gasteiger partial charge is 0.493 e. The van der Waals surface area contributed by atoms with Crippen LogP contribution in [0.5, 0.6) is 11.5 Å². The first-order valence-corrected chi connectivity index (χ1v) is 7.20. The van der Waals surface area contributed by atoms with Crippen molar-refractivity contribution in [1.29, 1.82) is 0 Å². The van der Waals surface area contributed by atoms with E-state index in [1.54, 1.807) is 20.4 Å². The van der Waals surface area contributed by atoms with Crippen LogP contribution < -0.4 is 9.47 Å². The average molecular weight is 301 g/mol. The van der Waals surface area contributed by atoms with Gasteiger partial charge < -0.3 is 18.9 Å². The van der Waals surface area contributed by atoms with Gasteiger partial charge in [-0.2, -0.15) is 0 Å². The fourth-order valence-electron chi connectivity index (χ4n) is 2.66. The third-order valence-corrected chi connectivity index (χ3v) is 3.90. The molecule has 0 unspecified atom stereocenters. The van der Waals surface area contributed by atoms with E-state index in [0.29, 0.717) is 24.5 Å². The molecule has 0 saturated heterocycles. The number of carbonyl (C=O) groups is 1. The molecule has 0 spiro atoms. The molecule has 116 valence electrons. The molecule has 6 nitrogen and oxygen atoms in total. The second kappa shape index (κ2) is 6.09. The van der Waals surface area contributed by atoms with Crippen molar-refractivity contribution in [1.82, 2.24) is 14.5 Å². The Labute approximate surface area is 129 Å². The molecule has 2 heterocycles. The first-order valence-electron chi connectivity index (χ1n) is 7.20. The van der Waals surface area contributed by atoms with Gasteiger partial charge in [-0.1, -0.05) is 6.07 Å². The van der Waals surface area contributed by atoms with Gasteiger partial charge in [0.05, 0.1) is 27.2 Å². The van der Waals surface area contributed by atoms with Crippen molar-refractivity contribution in [2.75, 3.05) is 20.8 Å². The van der Waals surface area contributed by atoms with Gasteiger partial charge in [-0.3, -0.25) is 4.79 Å². The summed E-state index contributed by atoms with van der Waals surface area (Å²) in [6.45, 7) is 2.08. The van der Waals surface area contributed by atoms with Crippen molar-refractivity contribution in [2.45, 2.75) is 19.5 Å². The lowest BCUT2D eigenvalue weighted by molar-refractivity contribution is -0.132. The Morgan fingerprint density at radius 2 is 2.05 bits per heavy atom. The molecule has 1 aliphatic rings. The Hall–Kier alpha value is -2.50. The summed E-state index contributed by atoms with van der Waals surface area (Å²) in [5, 5.41) is 0. The van der Waals surface area contributed by atoms with E-state index in [1.807, 2.05) is 29.3 Å². The van der Waals surface area contributed by atoms with Crippen molar-refractivity contribution in [2.24, 2.45) is 0 Å². The van der Waals surface area contributed by atoms with E-state index in [2.05, 4.69) is 9.55 Å². The Morgan fingerprint density at radius 1 is 1.23 bits per heavy atom. The highest BCUT2D eigenvalue weighted by Gasteiger charge is 2.21. The highest BCUT2D eigenvalue weighted by atomic mass is 16.5. The summed E-state index contributed by atoms with van der Waals surface area (Å²) in [6, 6.07) is 5.57. The molecular formula is C16H19N3O3. The van der Waals surface area contributed by atoms with Gasteiger partial charge in [-0.25, -0.2) is 4.98 Å². The maximum absolute atomic E-state index is 12.5. The minimum atomic E-state index is 0.0986. The number of imidazole rings is 1. The van der Waals surface area contributed by atoms with Crippen LogP contribution in [0.2, 0.25) is 0 Å². The Bertz CT molecular complexity index is 681. The first-order chi connectivity index (χ1) is 10.7. The number of aromatic nitrogens is 2. The zero-order valence-corrected chi connectivity index (χ0v) is 12.8. The van der Waals surface area contributed by atoms with Crippen molar-refractivity contribution in [3.8, 4) is 11.5 Å². The van der Waals surface area contributed by atoms with Crippen LogP contribution >= 0.6 is 0 Å². The molecule has 0 fully saturated rings. The monoisotopic (exact) mass is 301 g/mol. The number of rotatable bonds is 4. The van der Waals surface area contributed by atoms with E-state index >= 15 is 0 Å². The van der Waals surface area contributed by atoms with E-state index in [1.165, 1.54) is 0 Å². The molecule has 0 atom stereocenters. The number of ether oxygens (including phenoxy) is 2. The Kier molecular flexibility index (Phi) is 4.00. The molecule has 1 amide bonds. The van der Waals surface area contributed by atoms with E-state index in [0.717, 1.165) is 24.5 Å². The molecule has 6 heteroatoms. The van der Waals surface area contributed by atoms with Gasteiger partial charge in [0.25, 0.3) is 0 Å². The topological polar surface area (TPSA) is 56.6 Å². The number of hydrogen-bond donors (Lipinski definition) is 0. The van der Waals surface area contributed by atoms with E-state index in [-0.39, 0.29) is 5.91 Å². The predicted molar refractivity (Wildman–Crippen MR) is 80.9 cm³/mol. The zero-order chi connectivity index (χ0) is 15.5. The molecule has 0 N–H and O–H groups in total. The molecule has 22 heavy (non-hydrogen) atoms. The standard InChI is InChI=1S/C16H19N3O3/c1-21-13-4-3-12(9-14(13)22-2)10-16(20)19-8-7-18-6-5-17-15(18)11-19/h3-6,9H,7-8,10-11H2,1-2H3. The molecule has 0 saturated carbocycles. The van der Waals surface area contributed by atoms with E-state index < -0.39 is 0 Å². The molecular weight excluding hydrogens is 282 g/mol. The summed E-state index contributed by atoms with van der Waals surface area (Å²) in [4.78, 5) is 18.6. The first kappa shape index (κ1) is 14.4. The number of carbonyl (C=O) groups excluding carboxylic acids is 1. The van der Waals surface area contributed by atoms with Gasteiger partial charge in [-0.15, -0.1) is 0 Å². The lowest BCUT2D eigenvalue weighted by Gasteiger charge is -2.27. The van der Waals surface area contributed by atoms with Crippen molar-refractivity contribution < 1.29 is 14.3 Å². The number of amides is 1. The highest BCUT2D eigenvalue weighted by molar-refractivity contribution is 5.79. The minimum Gasteiger partial charge on any atom is -0.493 e. The molecule has 1 aliphatic heterocycles. The summed E-state index contributed by atoms with van der Waals surface area (Å²) in [7, 11) is 3.19. The van der Waals surface area contributed by atoms with Crippen molar-refractivity contribution >= 4 is 5.91 Å². The second-order valence-corrected chi connectivity index (χ2v) is 5.22. The predicted octanol–water partition coefficient (Wildman–Crippen LogP) is 1.49. The van der Waals surface area contributed by atoms with Crippen LogP contribution in [0.4, 0.5) is 0 Å². The van der Waals surface area contributed by atoms with Crippen LogP contribution in [-0.4, -0.2) is 41.1 Å². The van der Waals surface area contributed by atoms with Crippen molar-refractivity contribution in [3.05, 3.63) is 42.0 Å². The SMILES string of the molecule is COc1ccc(CC(=O)N2CCn3ccnc3C2)cc1OC. The highest BCUT2D eigenvalue weighted by Crippen LogP contribution is 2.28. The molecule has 3 rings (SSSR count). The quantitative estimate of drug-likeness (QED) is 0.858. The van der Waals surface area contributed by atoms with Crippen LogP contribution in [0.25, 0.3) is 0 Å². The van der Waals surface area contributed by atoms with Crippen LogP contribution in [0, 0.1) is 0 Å². The van der Waals surface area contributed by atoms with Crippen molar-refractivity contribution in [3.63, 3.8) is 0 Å². The molecule has 0 bridgehead atoms. The van der Waals surface area contributed by atoms with Crippen LogP contribution in [-0.2, 0) is 24.3 Å². The number of benzene rings is 1. The third-order valence-electron chi connectivity index (χ3n) is 3.90. The zero-order valence-electron chi connectivity index (χ0n) is 12.8. The number of fused-ring (bicyclic) bond motifs is 1. The lowest BCUT2D eigenvalue weighted by atomic mass is 10.1. The molecule has 1 aromatic heterocycles. The lowest BCUT2D eigenvalue weighted by Crippen LogP contribution is -2.39.